The van der Waals surface area contributed by atoms with Gasteiger partial charge in [-0.25, -0.2) is 0 Å². The van der Waals surface area contributed by atoms with Crippen molar-refractivity contribution in [1.82, 2.24) is 9.80 Å². The number of aromatic hydroxyl groups is 1. The second-order valence-electron chi connectivity index (χ2n) is 5.44. The van der Waals surface area contributed by atoms with Crippen molar-refractivity contribution in [1.29, 1.82) is 0 Å². The number of non-ortho nitro benzene ring substituents is 1. The van der Waals surface area contributed by atoms with Gasteiger partial charge in [0.25, 0.3) is 5.69 Å². The van der Waals surface area contributed by atoms with Gasteiger partial charge in [0.15, 0.2) is 0 Å². The average Bonchev–Trinajstić information content (AvgIpc) is 2.45. The molecule has 1 N–H and O–H groups in total. The maximum absolute atomic E-state index is 10.9. The number of halogens is 1. The van der Waals surface area contributed by atoms with E-state index < -0.39 is 4.92 Å². The van der Waals surface area contributed by atoms with Crippen LogP contribution in [0.2, 0.25) is 0 Å². The maximum atomic E-state index is 10.9. The number of rotatable bonds is 5. The summed E-state index contributed by atoms with van der Waals surface area (Å²) < 4.78 is 0.381. The zero-order valence-corrected chi connectivity index (χ0v) is 13.7. The van der Waals surface area contributed by atoms with E-state index in [1.807, 2.05) is 0 Å². The highest BCUT2D eigenvalue weighted by molar-refractivity contribution is 9.10. The third-order valence-corrected chi connectivity index (χ3v) is 4.46. The lowest BCUT2D eigenvalue weighted by Crippen LogP contribution is -2.44. The van der Waals surface area contributed by atoms with E-state index >= 15 is 0 Å². The van der Waals surface area contributed by atoms with Gasteiger partial charge in [-0.05, 0) is 42.4 Å². The molecule has 21 heavy (non-hydrogen) atoms. The van der Waals surface area contributed by atoms with Gasteiger partial charge in [0.1, 0.15) is 5.75 Å². The number of benzene rings is 1. The van der Waals surface area contributed by atoms with Crippen LogP contribution in [0, 0.1) is 10.1 Å². The standard InChI is InChI=1S/C14H20BrN3O3/c1-16-5-7-17(8-6-16)4-2-3-11-9-12(18(20)21)10-13(15)14(11)19/h9-10,19H,2-8H2,1H3. The van der Waals surface area contributed by atoms with Gasteiger partial charge >= 0.3 is 0 Å². The zero-order chi connectivity index (χ0) is 15.4. The summed E-state index contributed by atoms with van der Waals surface area (Å²) in [5.74, 6) is 0.110. The molecular weight excluding hydrogens is 338 g/mol. The molecule has 0 aromatic heterocycles. The molecule has 0 spiro atoms. The van der Waals surface area contributed by atoms with E-state index in [1.165, 1.54) is 12.1 Å². The number of hydrogen-bond acceptors (Lipinski definition) is 5. The van der Waals surface area contributed by atoms with Crippen LogP contribution < -0.4 is 0 Å². The molecule has 0 saturated carbocycles. The molecule has 7 heteroatoms. The first kappa shape index (κ1) is 16.2. The van der Waals surface area contributed by atoms with E-state index in [2.05, 4.69) is 32.8 Å². The summed E-state index contributed by atoms with van der Waals surface area (Å²) in [6.07, 6.45) is 1.52. The minimum Gasteiger partial charge on any atom is -0.506 e. The topological polar surface area (TPSA) is 69.9 Å². The lowest BCUT2D eigenvalue weighted by molar-refractivity contribution is -0.385. The molecule has 2 rings (SSSR count). The summed E-state index contributed by atoms with van der Waals surface area (Å²) in [6, 6.07) is 2.80. The molecule has 0 radical (unpaired) electrons. The number of nitro groups is 1. The molecule has 0 unspecified atom stereocenters. The fourth-order valence-electron chi connectivity index (χ4n) is 2.50. The number of phenols is 1. The molecule has 1 aromatic carbocycles. The average molecular weight is 358 g/mol. The van der Waals surface area contributed by atoms with Gasteiger partial charge in [-0.3, -0.25) is 10.1 Å². The summed E-state index contributed by atoms with van der Waals surface area (Å²) in [6.45, 7) is 5.22. The van der Waals surface area contributed by atoms with Crippen LogP contribution in [0.5, 0.6) is 5.75 Å². The Morgan fingerprint density at radius 2 is 2.00 bits per heavy atom. The van der Waals surface area contributed by atoms with Crippen molar-refractivity contribution in [2.24, 2.45) is 0 Å². The molecule has 1 fully saturated rings. The Labute approximate surface area is 132 Å². The Bertz CT molecular complexity index is 516. The van der Waals surface area contributed by atoms with Crippen molar-refractivity contribution in [3.8, 4) is 5.75 Å². The van der Waals surface area contributed by atoms with Gasteiger partial charge in [-0.1, -0.05) is 0 Å². The third kappa shape index (κ3) is 4.39. The number of nitro benzene ring substituents is 1. The molecule has 0 bridgehead atoms. The van der Waals surface area contributed by atoms with E-state index in [-0.39, 0.29) is 11.4 Å². The Balaban J connectivity index is 1.92. The normalized spacial score (nSPS) is 17.0. The van der Waals surface area contributed by atoms with Gasteiger partial charge in [0.05, 0.1) is 9.40 Å². The van der Waals surface area contributed by atoms with Crippen molar-refractivity contribution >= 4 is 21.6 Å². The number of nitrogens with zero attached hydrogens (tertiary/aromatic N) is 3. The molecule has 1 heterocycles. The number of aryl methyl sites for hydroxylation is 1. The van der Waals surface area contributed by atoms with E-state index in [9.17, 15) is 15.2 Å². The number of piperazine rings is 1. The van der Waals surface area contributed by atoms with Crippen LogP contribution in [0.1, 0.15) is 12.0 Å². The second-order valence-corrected chi connectivity index (χ2v) is 6.30. The molecule has 1 aromatic rings. The Morgan fingerprint density at radius 3 is 2.62 bits per heavy atom. The van der Waals surface area contributed by atoms with Gasteiger partial charge in [-0.15, -0.1) is 0 Å². The first-order chi connectivity index (χ1) is 9.97. The van der Waals surface area contributed by atoms with Gasteiger partial charge < -0.3 is 14.9 Å². The largest absolute Gasteiger partial charge is 0.506 e. The van der Waals surface area contributed by atoms with Crippen molar-refractivity contribution in [2.45, 2.75) is 12.8 Å². The summed E-state index contributed by atoms with van der Waals surface area (Å²) in [5, 5.41) is 20.8. The summed E-state index contributed by atoms with van der Waals surface area (Å²) >= 11 is 3.17. The minimum absolute atomic E-state index is 0.00859. The Kier molecular flexibility index (Phi) is 5.55. The lowest BCUT2D eigenvalue weighted by atomic mass is 10.1. The van der Waals surface area contributed by atoms with Crippen LogP contribution in [-0.2, 0) is 6.42 Å². The lowest BCUT2D eigenvalue weighted by Gasteiger charge is -2.32. The number of hydrogen-bond donors (Lipinski definition) is 1. The fourth-order valence-corrected chi connectivity index (χ4v) is 2.99. The van der Waals surface area contributed by atoms with Crippen LogP contribution in [0.4, 0.5) is 5.69 Å². The molecule has 0 atom stereocenters. The van der Waals surface area contributed by atoms with Crippen LogP contribution in [0.25, 0.3) is 0 Å². The summed E-state index contributed by atoms with van der Waals surface area (Å²) in [7, 11) is 2.12. The van der Waals surface area contributed by atoms with E-state index in [1.54, 1.807) is 0 Å². The van der Waals surface area contributed by atoms with E-state index in [0.29, 0.717) is 16.5 Å². The van der Waals surface area contributed by atoms with Crippen molar-refractivity contribution < 1.29 is 10.0 Å². The first-order valence-corrected chi connectivity index (χ1v) is 7.83. The highest BCUT2D eigenvalue weighted by atomic mass is 79.9. The first-order valence-electron chi connectivity index (χ1n) is 7.04. The second kappa shape index (κ2) is 7.20. The predicted octanol–water partition coefficient (Wildman–Crippen LogP) is 2.24. The van der Waals surface area contributed by atoms with Gasteiger partial charge in [0.2, 0.25) is 0 Å². The predicted molar refractivity (Wildman–Crippen MR) is 84.7 cm³/mol. The Morgan fingerprint density at radius 1 is 1.33 bits per heavy atom. The monoisotopic (exact) mass is 357 g/mol. The highest BCUT2D eigenvalue weighted by Gasteiger charge is 2.16. The highest BCUT2D eigenvalue weighted by Crippen LogP contribution is 2.33. The Hall–Kier alpha value is -1.18. The van der Waals surface area contributed by atoms with Crippen molar-refractivity contribution in [2.75, 3.05) is 39.8 Å². The molecule has 1 aliphatic rings. The number of likely N-dealkylation sites (N-methyl/N-ethyl adjacent to an activating group) is 1. The van der Waals surface area contributed by atoms with Crippen LogP contribution >= 0.6 is 15.9 Å². The molecule has 1 saturated heterocycles. The molecule has 0 amide bonds. The molecule has 6 nitrogen and oxygen atoms in total. The van der Waals surface area contributed by atoms with Gasteiger partial charge in [-0.2, -0.15) is 0 Å². The number of phenolic OH excluding ortho intramolecular Hbond substituents is 1. The fraction of sp³-hybridized carbons (Fsp3) is 0.571. The summed E-state index contributed by atoms with van der Waals surface area (Å²) in [4.78, 5) is 15.1. The maximum Gasteiger partial charge on any atom is 0.271 e. The van der Waals surface area contributed by atoms with E-state index in [0.717, 1.165) is 39.1 Å². The van der Waals surface area contributed by atoms with E-state index in [4.69, 9.17) is 0 Å². The molecule has 116 valence electrons. The van der Waals surface area contributed by atoms with Gasteiger partial charge in [0, 0.05) is 43.9 Å². The quantitative estimate of drug-likeness (QED) is 0.646. The van der Waals surface area contributed by atoms with Crippen LogP contribution in [-0.4, -0.2) is 59.6 Å². The van der Waals surface area contributed by atoms with Crippen LogP contribution in [0.3, 0.4) is 0 Å². The smallest absolute Gasteiger partial charge is 0.271 e. The minimum atomic E-state index is -0.436. The van der Waals surface area contributed by atoms with Crippen molar-refractivity contribution in [3.05, 3.63) is 32.3 Å². The molecule has 1 aliphatic heterocycles. The SMILES string of the molecule is CN1CCN(CCCc2cc([N+](=O)[O-])cc(Br)c2O)CC1. The third-order valence-electron chi connectivity index (χ3n) is 3.85. The molecule has 0 aliphatic carbocycles. The van der Waals surface area contributed by atoms with Crippen LogP contribution in [0.15, 0.2) is 16.6 Å². The van der Waals surface area contributed by atoms with Crippen molar-refractivity contribution in [3.63, 3.8) is 0 Å². The zero-order valence-electron chi connectivity index (χ0n) is 12.1. The molecular formula is C14H20BrN3O3. The summed E-state index contributed by atoms with van der Waals surface area (Å²) in [5.41, 5.74) is 0.638.